The first-order valence-electron chi connectivity index (χ1n) is 7.11. The van der Waals surface area contributed by atoms with Crippen molar-refractivity contribution in [3.63, 3.8) is 0 Å². The monoisotopic (exact) mass is 350 g/mol. The summed E-state index contributed by atoms with van der Waals surface area (Å²) in [7, 11) is 0. The highest BCUT2D eigenvalue weighted by atomic mass is 79.9. The fraction of sp³-hybridized carbons (Fsp3) is 0.438. The second-order valence-corrected chi connectivity index (χ2v) is 7.25. The summed E-state index contributed by atoms with van der Waals surface area (Å²) >= 11 is 3.57. The molecule has 112 valence electrons. The van der Waals surface area contributed by atoms with E-state index in [4.69, 9.17) is 4.74 Å². The van der Waals surface area contributed by atoms with Crippen molar-refractivity contribution in [2.24, 2.45) is 0 Å². The maximum Gasteiger partial charge on any atom is 0.410 e. The number of aromatic amines is 1. The molecule has 0 fully saturated rings. The molecule has 2 aromatic rings. The molecule has 1 aromatic carbocycles. The number of hydrogen-bond donors (Lipinski definition) is 1. The Hall–Kier alpha value is -1.49. The van der Waals surface area contributed by atoms with Crippen LogP contribution in [0.4, 0.5) is 4.79 Å². The lowest BCUT2D eigenvalue weighted by molar-refractivity contribution is 0.0224. The van der Waals surface area contributed by atoms with Gasteiger partial charge in [0, 0.05) is 34.1 Å². The average Bonchev–Trinajstić information content (AvgIpc) is 2.76. The van der Waals surface area contributed by atoms with E-state index in [9.17, 15) is 4.79 Å². The molecule has 1 aliphatic rings. The highest BCUT2D eigenvalue weighted by Gasteiger charge is 2.27. The molecule has 0 aliphatic carbocycles. The number of fused-ring (bicyclic) bond motifs is 3. The van der Waals surface area contributed by atoms with Crippen LogP contribution < -0.4 is 0 Å². The van der Waals surface area contributed by atoms with Crippen LogP contribution in [0.15, 0.2) is 22.7 Å². The summed E-state index contributed by atoms with van der Waals surface area (Å²) < 4.78 is 6.53. The summed E-state index contributed by atoms with van der Waals surface area (Å²) in [5.41, 5.74) is 3.06. The van der Waals surface area contributed by atoms with Crippen LogP contribution in [0, 0.1) is 0 Å². The van der Waals surface area contributed by atoms with Crippen LogP contribution in [0.5, 0.6) is 0 Å². The molecule has 3 rings (SSSR count). The quantitative estimate of drug-likeness (QED) is 0.772. The number of hydrogen-bond acceptors (Lipinski definition) is 2. The zero-order valence-corrected chi connectivity index (χ0v) is 14.1. The van der Waals surface area contributed by atoms with E-state index in [2.05, 4.69) is 27.0 Å². The Bertz CT molecular complexity index is 700. The summed E-state index contributed by atoms with van der Waals surface area (Å²) in [5, 5.41) is 1.17. The lowest BCUT2D eigenvalue weighted by atomic mass is 10.1. The molecule has 1 amide bonds. The minimum atomic E-state index is -0.458. The van der Waals surface area contributed by atoms with Gasteiger partial charge in [-0.1, -0.05) is 12.1 Å². The minimum absolute atomic E-state index is 0.238. The second kappa shape index (κ2) is 5.05. The Morgan fingerprint density at radius 2 is 2.14 bits per heavy atom. The van der Waals surface area contributed by atoms with Gasteiger partial charge in [-0.3, -0.25) is 0 Å². The molecule has 0 saturated carbocycles. The molecule has 1 aromatic heterocycles. The first-order chi connectivity index (χ1) is 9.85. The largest absolute Gasteiger partial charge is 0.444 e. The van der Waals surface area contributed by atoms with Gasteiger partial charge in [0.2, 0.25) is 0 Å². The minimum Gasteiger partial charge on any atom is -0.444 e. The summed E-state index contributed by atoms with van der Waals surface area (Å²) in [6, 6.07) is 6.14. The number of H-pyrrole nitrogens is 1. The number of nitrogens with one attached hydrogen (secondary N) is 1. The van der Waals surface area contributed by atoms with Crippen molar-refractivity contribution in [1.82, 2.24) is 9.88 Å². The van der Waals surface area contributed by atoms with Gasteiger partial charge in [0.1, 0.15) is 5.60 Å². The fourth-order valence-electron chi connectivity index (χ4n) is 2.68. The third kappa shape index (κ3) is 2.79. The highest BCUT2D eigenvalue weighted by Crippen LogP contribution is 2.32. The molecular weight excluding hydrogens is 332 g/mol. The standard InChI is InChI=1S/C16H19BrN2O2/c1-16(2,3)21-15(20)19-8-7-13-11(9-19)10-5-4-6-12(17)14(10)18-13/h4-6,18H,7-9H2,1-3H3. The van der Waals surface area contributed by atoms with E-state index in [0.717, 1.165) is 16.4 Å². The number of carbonyl (C=O) groups excluding carboxylic acids is 1. The van der Waals surface area contributed by atoms with Crippen molar-refractivity contribution in [1.29, 1.82) is 0 Å². The molecule has 4 nitrogen and oxygen atoms in total. The van der Waals surface area contributed by atoms with E-state index in [-0.39, 0.29) is 6.09 Å². The molecule has 0 spiro atoms. The summed E-state index contributed by atoms with van der Waals surface area (Å²) in [5.74, 6) is 0. The Labute approximate surface area is 132 Å². The Kier molecular flexibility index (Phi) is 3.48. The first-order valence-corrected chi connectivity index (χ1v) is 7.90. The number of para-hydroxylation sites is 1. The maximum absolute atomic E-state index is 12.2. The third-order valence-electron chi connectivity index (χ3n) is 3.61. The van der Waals surface area contributed by atoms with Crippen LogP contribution in [0.25, 0.3) is 10.9 Å². The second-order valence-electron chi connectivity index (χ2n) is 6.40. The molecule has 0 radical (unpaired) electrons. The fourth-order valence-corrected chi connectivity index (χ4v) is 3.15. The Morgan fingerprint density at radius 3 is 2.86 bits per heavy atom. The molecule has 0 atom stereocenters. The molecule has 0 saturated heterocycles. The van der Waals surface area contributed by atoms with Crippen molar-refractivity contribution in [2.75, 3.05) is 6.54 Å². The number of halogens is 1. The Morgan fingerprint density at radius 1 is 1.38 bits per heavy atom. The topological polar surface area (TPSA) is 45.3 Å². The van der Waals surface area contributed by atoms with Gasteiger partial charge in [-0.25, -0.2) is 4.79 Å². The SMILES string of the molecule is CC(C)(C)OC(=O)N1CCc2[nH]c3c(Br)cccc3c2C1. The lowest BCUT2D eigenvalue weighted by Gasteiger charge is -2.30. The molecule has 21 heavy (non-hydrogen) atoms. The van der Waals surface area contributed by atoms with Gasteiger partial charge in [-0.2, -0.15) is 0 Å². The highest BCUT2D eigenvalue weighted by molar-refractivity contribution is 9.10. The number of carbonyl (C=O) groups is 1. The van der Waals surface area contributed by atoms with Crippen molar-refractivity contribution >= 4 is 32.9 Å². The van der Waals surface area contributed by atoms with Crippen molar-refractivity contribution < 1.29 is 9.53 Å². The van der Waals surface area contributed by atoms with Gasteiger partial charge in [0.05, 0.1) is 12.1 Å². The van der Waals surface area contributed by atoms with Gasteiger partial charge >= 0.3 is 6.09 Å². The third-order valence-corrected chi connectivity index (χ3v) is 4.27. The summed E-state index contributed by atoms with van der Waals surface area (Å²) in [6.07, 6.45) is 0.591. The number of nitrogens with zero attached hydrogens (tertiary/aromatic N) is 1. The van der Waals surface area contributed by atoms with E-state index < -0.39 is 5.60 Å². The predicted molar refractivity (Wildman–Crippen MR) is 86.3 cm³/mol. The van der Waals surface area contributed by atoms with E-state index in [1.54, 1.807) is 4.90 Å². The smallest absolute Gasteiger partial charge is 0.410 e. The van der Waals surface area contributed by atoms with Crippen LogP contribution in [0.2, 0.25) is 0 Å². The molecule has 0 bridgehead atoms. The van der Waals surface area contributed by atoms with Crippen LogP contribution in [0.1, 0.15) is 32.0 Å². The van der Waals surface area contributed by atoms with E-state index in [1.807, 2.05) is 32.9 Å². The van der Waals surface area contributed by atoms with Gasteiger partial charge in [0.15, 0.2) is 0 Å². The zero-order chi connectivity index (χ0) is 15.2. The van der Waals surface area contributed by atoms with E-state index in [0.29, 0.717) is 13.1 Å². The van der Waals surface area contributed by atoms with Crippen LogP contribution >= 0.6 is 15.9 Å². The van der Waals surface area contributed by atoms with Gasteiger partial charge in [-0.05, 0) is 42.8 Å². The average molecular weight is 351 g/mol. The molecule has 2 heterocycles. The van der Waals surface area contributed by atoms with Gasteiger partial charge in [-0.15, -0.1) is 0 Å². The van der Waals surface area contributed by atoms with Crippen molar-refractivity contribution in [3.8, 4) is 0 Å². The number of ether oxygens (including phenoxy) is 1. The predicted octanol–water partition coefficient (Wildman–Crippen LogP) is 4.22. The van der Waals surface area contributed by atoms with Gasteiger partial charge in [0.25, 0.3) is 0 Å². The summed E-state index contributed by atoms with van der Waals surface area (Å²) in [4.78, 5) is 17.5. The summed E-state index contributed by atoms with van der Waals surface area (Å²) in [6.45, 7) is 6.96. The van der Waals surface area contributed by atoms with Gasteiger partial charge < -0.3 is 14.6 Å². The number of aromatic nitrogens is 1. The number of benzene rings is 1. The normalized spacial score (nSPS) is 15.1. The molecule has 5 heteroatoms. The lowest BCUT2D eigenvalue weighted by Crippen LogP contribution is -2.39. The molecule has 1 aliphatic heterocycles. The first kappa shape index (κ1) is 14.4. The maximum atomic E-state index is 12.2. The van der Waals surface area contributed by atoms with E-state index in [1.165, 1.54) is 16.6 Å². The number of amides is 1. The van der Waals surface area contributed by atoms with Crippen molar-refractivity contribution in [3.05, 3.63) is 33.9 Å². The zero-order valence-electron chi connectivity index (χ0n) is 12.5. The Balaban J connectivity index is 1.90. The van der Waals surface area contributed by atoms with Crippen LogP contribution in [-0.4, -0.2) is 28.1 Å². The van der Waals surface area contributed by atoms with Crippen LogP contribution in [-0.2, 0) is 17.7 Å². The molecular formula is C16H19BrN2O2. The molecule has 0 unspecified atom stereocenters. The number of rotatable bonds is 0. The van der Waals surface area contributed by atoms with Crippen molar-refractivity contribution in [2.45, 2.75) is 39.3 Å². The molecule has 1 N–H and O–H groups in total. The van der Waals surface area contributed by atoms with Crippen LogP contribution in [0.3, 0.4) is 0 Å². The van der Waals surface area contributed by atoms with E-state index >= 15 is 0 Å².